The topological polar surface area (TPSA) is 110 Å². The predicted molar refractivity (Wildman–Crippen MR) is 87.8 cm³/mol. The van der Waals surface area contributed by atoms with Crippen molar-refractivity contribution < 1.29 is 9.66 Å². The summed E-state index contributed by atoms with van der Waals surface area (Å²) in [5, 5.41) is 14.6. The standard InChI is InChI=1S/C15H20N4O4/c1-15(2,4-5-23-3)8-16-12-7-11-10(6-13(12)19(21)22)14(20)18-9-17-11/h6-7,9,16H,4-5,8H2,1-3H3,(H,17,18,20). The monoisotopic (exact) mass is 320 g/mol. The molecule has 124 valence electrons. The van der Waals surface area contributed by atoms with Crippen molar-refractivity contribution in [3.63, 3.8) is 0 Å². The molecule has 8 nitrogen and oxygen atoms in total. The normalized spacial score (nSPS) is 11.6. The summed E-state index contributed by atoms with van der Waals surface area (Å²) < 4.78 is 5.08. The molecule has 0 atom stereocenters. The number of benzene rings is 1. The lowest BCUT2D eigenvalue weighted by atomic mass is 9.89. The van der Waals surface area contributed by atoms with Crippen molar-refractivity contribution >= 4 is 22.3 Å². The summed E-state index contributed by atoms with van der Waals surface area (Å²) in [7, 11) is 1.64. The molecule has 1 aromatic heterocycles. The van der Waals surface area contributed by atoms with Crippen molar-refractivity contribution in [1.82, 2.24) is 9.97 Å². The summed E-state index contributed by atoms with van der Waals surface area (Å²) in [6.45, 7) is 5.25. The van der Waals surface area contributed by atoms with Crippen LogP contribution in [0.25, 0.3) is 10.9 Å². The van der Waals surface area contributed by atoms with Crippen molar-refractivity contribution in [2.24, 2.45) is 5.41 Å². The minimum absolute atomic E-state index is 0.0968. The SMILES string of the molecule is COCCC(C)(C)CNc1cc2nc[nH]c(=O)c2cc1[N+](=O)[O-]. The second-order valence-corrected chi connectivity index (χ2v) is 6.14. The van der Waals surface area contributed by atoms with E-state index in [1.54, 1.807) is 7.11 Å². The van der Waals surface area contributed by atoms with Gasteiger partial charge in [0.25, 0.3) is 11.2 Å². The fourth-order valence-electron chi connectivity index (χ4n) is 2.20. The smallest absolute Gasteiger partial charge is 0.293 e. The van der Waals surface area contributed by atoms with Crippen molar-refractivity contribution in [3.05, 3.63) is 38.9 Å². The third-order valence-corrected chi connectivity index (χ3v) is 3.69. The molecule has 0 aliphatic carbocycles. The Hall–Kier alpha value is -2.48. The molecule has 8 heteroatoms. The molecule has 1 aromatic carbocycles. The number of anilines is 1. The van der Waals surface area contributed by atoms with Crippen LogP contribution in [-0.2, 0) is 4.74 Å². The Morgan fingerprint density at radius 3 is 2.83 bits per heavy atom. The Balaban J connectivity index is 2.34. The zero-order valence-electron chi connectivity index (χ0n) is 13.4. The third-order valence-electron chi connectivity index (χ3n) is 3.69. The van der Waals surface area contributed by atoms with E-state index in [4.69, 9.17) is 4.74 Å². The molecule has 2 aromatic rings. The van der Waals surface area contributed by atoms with Gasteiger partial charge in [-0.15, -0.1) is 0 Å². The van der Waals surface area contributed by atoms with Crippen LogP contribution in [0.2, 0.25) is 0 Å². The molecule has 0 saturated carbocycles. The maximum absolute atomic E-state index is 11.7. The minimum atomic E-state index is -0.504. The van der Waals surface area contributed by atoms with Gasteiger partial charge in [0.1, 0.15) is 5.69 Å². The summed E-state index contributed by atoms with van der Waals surface area (Å²) in [5.74, 6) is 0. The number of H-pyrrole nitrogens is 1. The highest BCUT2D eigenvalue weighted by molar-refractivity contribution is 5.86. The van der Waals surface area contributed by atoms with Crippen LogP contribution in [0.1, 0.15) is 20.3 Å². The molecule has 0 spiro atoms. The molecular formula is C15H20N4O4. The zero-order chi connectivity index (χ0) is 17.0. The summed E-state index contributed by atoms with van der Waals surface area (Å²) in [6.07, 6.45) is 2.10. The van der Waals surface area contributed by atoms with Gasteiger partial charge < -0.3 is 15.0 Å². The lowest BCUT2D eigenvalue weighted by Crippen LogP contribution is -2.25. The number of nitro groups is 1. The van der Waals surface area contributed by atoms with E-state index in [-0.39, 0.29) is 16.5 Å². The van der Waals surface area contributed by atoms with Gasteiger partial charge in [0, 0.05) is 26.3 Å². The highest BCUT2D eigenvalue weighted by atomic mass is 16.6. The first-order chi connectivity index (χ1) is 10.8. The number of ether oxygens (including phenoxy) is 1. The Morgan fingerprint density at radius 1 is 1.43 bits per heavy atom. The van der Waals surface area contributed by atoms with Gasteiger partial charge in [0.05, 0.1) is 22.2 Å². The second kappa shape index (κ2) is 6.74. The van der Waals surface area contributed by atoms with Crippen molar-refractivity contribution in [1.29, 1.82) is 0 Å². The van der Waals surface area contributed by atoms with Gasteiger partial charge in [-0.05, 0) is 17.9 Å². The van der Waals surface area contributed by atoms with E-state index in [9.17, 15) is 14.9 Å². The molecule has 0 saturated heterocycles. The number of nitro benzene ring substituents is 1. The molecule has 2 rings (SSSR count). The lowest BCUT2D eigenvalue weighted by Gasteiger charge is -2.25. The quantitative estimate of drug-likeness (QED) is 0.598. The lowest BCUT2D eigenvalue weighted by molar-refractivity contribution is -0.383. The molecule has 0 unspecified atom stereocenters. The largest absolute Gasteiger partial charge is 0.385 e. The van der Waals surface area contributed by atoms with Crippen LogP contribution in [0, 0.1) is 15.5 Å². The second-order valence-electron chi connectivity index (χ2n) is 6.14. The Morgan fingerprint density at radius 2 is 2.17 bits per heavy atom. The van der Waals surface area contributed by atoms with Crippen molar-refractivity contribution in [2.75, 3.05) is 25.6 Å². The maximum Gasteiger partial charge on any atom is 0.293 e. The third kappa shape index (κ3) is 4.04. The number of methoxy groups -OCH3 is 1. The van der Waals surface area contributed by atoms with Gasteiger partial charge in [-0.2, -0.15) is 0 Å². The highest BCUT2D eigenvalue weighted by Crippen LogP contribution is 2.30. The number of hydrogen-bond donors (Lipinski definition) is 2. The van der Waals surface area contributed by atoms with Crippen LogP contribution in [0.4, 0.5) is 11.4 Å². The van der Waals surface area contributed by atoms with E-state index < -0.39 is 10.5 Å². The number of nitrogens with zero attached hydrogens (tertiary/aromatic N) is 2. The first-order valence-electron chi connectivity index (χ1n) is 7.23. The average molecular weight is 320 g/mol. The molecule has 0 fully saturated rings. The average Bonchev–Trinajstić information content (AvgIpc) is 2.50. The molecule has 23 heavy (non-hydrogen) atoms. The Labute approximate surface area is 133 Å². The van der Waals surface area contributed by atoms with E-state index >= 15 is 0 Å². The fourth-order valence-corrected chi connectivity index (χ4v) is 2.20. The summed E-state index contributed by atoms with van der Waals surface area (Å²) in [4.78, 5) is 29.0. The molecule has 0 aliphatic heterocycles. The summed E-state index contributed by atoms with van der Waals surface area (Å²) >= 11 is 0. The van der Waals surface area contributed by atoms with E-state index in [0.717, 1.165) is 6.42 Å². The first kappa shape index (κ1) is 16.9. The van der Waals surface area contributed by atoms with E-state index in [1.165, 1.54) is 18.5 Å². The summed E-state index contributed by atoms with van der Waals surface area (Å²) in [5.41, 5.74) is 0.131. The molecule has 0 radical (unpaired) electrons. The molecule has 1 heterocycles. The number of hydrogen-bond acceptors (Lipinski definition) is 6. The highest BCUT2D eigenvalue weighted by Gasteiger charge is 2.21. The Bertz CT molecular complexity index is 770. The van der Waals surface area contributed by atoms with E-state index in [1.807, 2.05) is 0 Å². The Kier molecular flexibility index (Phi) is 4.95. The van der Waals surface area contributed by atoms with Crippen LogP contribution in [-0.4, -0.2) is 35.2 Å². The van der Waals surface area contributed by atoms with Crippen molar-refractivity contribution in [3.8, 4) is 0 Å². The van der Waals surface area contributed by atoms with Gasteiger partial charge in [0.15, 0.2) is 0 Å². The molecule has 2 N–H and O–H groups in total. The van der Waals surface area contributed by atoms with E-state index in [2.05, 4.69) is 29.1 Å². The zero-order valence-corrected chi connectivity index (χ0v) is 13.4. The van der Waals surface area contributed by atoms with Crippen LogP contribution in [0.15, 0.2) is 23.3 Å². The number of fused-ring (bicyclic) bond motifs is 1. The van der Waals surface area contributed by atoms with Gasteiger partial charge >= 0.3 is 0 Å². The first-order valence-corrected chi connectivity index (χ1v) is 7.23. The van der Waals surface area contributed by atoms with Crippen LogP contribution in [0.3, 0.4) is 0 Å². The van der Waals surface area contributed by atoms with E-state index in [0.29, 0.717) is 24.4 Å². The number of rotatable bonds is 7. The maximum atomic E-state index is 11.7. The van der Waals surface area contributed by atoms with Crippen molar-refractivity contribution in [2.45, 2.75) is 20.3 Å². The number of nitrogens with one attached hydrogen (secondary N) is 2. The van der Waals surface area contributed by atoms with Gasteiger partial charge in [-0.1, -0.05) is 13.8 Å². The van der Waals surface area contributed by atoms with Crippen LogP contribution in [0.5, 0.6) is 0 Å². The molecule has 0 aliphatic rings. The summed E-state index contributed by atoms with van der Waals surface area (Å²) in [6, 6.07) is 2.79. The number of aromatic nitrogens is 2. The van der Waals surface area contributed by atoms with Gasteiger partial charge in [-0.3, -0.25) is 14.9 Å². The van der Waals surface area contributed by atoms with Gasteiger partial charge in [0.2, 0.25) is 0 Å². The fraction of sp³-hybridized carbons (Fsp3) is 0.467. The molecule has 0 amide bonds. The minimum Gasteiger partial charge on any atom is -0.385 e. The predicted octanol–water partition coefficient (Wildman–Crippen LogP) is 2.31. The van der Waals surface area contributed by atoms with Crippen LogP contribution < -0.4 is 10.9 Å². The molecular weight excluding hydrogens is 300 g/mol. The molecule has 0 bridgehead atoms. The van der Waals surface area contributed by atoms with Crippen LogP contribution >= 0.6 is 0 Å². The number of aromatic amines is 1. The van der Waals surface area contributed by atoms with Gasteiger partial charge in [-0.25, -0.2) is 4.98 Å².